The molecule has 0 unspecified atom stereocenters. The van der Waals surface area contributed by atoms with Gasteiger partial charge in [-0.25, -0.2) is 4.39 Å². The molecule has 3 nitrogen and oxygen atoms in total. The molecule has 1 aromatic rings. The Morgan fingerprint density at radius 1 is 1.32 bits per heavy atom. The lowest BCUT2D eigenvalue weighted by molar-refractivity contribution is 0.139. The van der Waals surface area contributed by atoms with Crippen molar-refractivity contribution in [2.75, 3.05) is 38.1 Å². The fourth-order valence-electron chi connectivity index (χ4n) is 2.66. The molecule has 19 heavy (non-hydrogen) atoms. The standard InChI is InChI=1S/C15H24FN3/c1-15(2)11-19(9-8-18(15)3)14-5-4-13(16)10-12(14)6-7-17/h4-5,10H,6-9,11,17H2,1-3H3. The Labute approximate surface area is 115 Å². The molecule has 2 rings (SSSR count). The quantitative estimate of drug-likeness (QED) is 0.905. The Hall–Kier alpha value is -1.13. The summed E-state index contributed by atoms with van der Waals surface area (Å²) < 4.78 is 13.4. The molecule has 106 valence electrons. The van der Waals surface area contributed by atoms with Crippen LogP contribution in [0.3, 0.4) is 0 Å². The predicted molar refractivity (Wildman–Crippen MR) is 78.1 cm³/mol. The van der Waals surface area contributed by atoms with Gasteiger partial charge in [0.05, 0.1) is 0 Å². The van der Waals surface area contributed by atoms with Crippen LogP contribution < -0.4 is 10.6 Å². The number of nitrogens with zero attached hydrogens (tertiary/aromatic N) is 2. The Balaban J connectivity index is 2.26. The maximum absolute atomic E-state index is 13.4. The van der Waals surface area contributed by atoms with Crippen LogP contribution in [-0.4, -0.2) is 43.7 Å². The number of piperazine rings is 1. The summed E-state index contributed by atoms with van der Waals surface area (Å²) in [6.45, 7) is 7.98. The summed E-state index contributed by atoms with van der Waals surface area (Å²) in [5.74, 6) is -0.180. The molecule has 0 amide bonds. The average molecular weight is 265 g/mol. The number of anilines is 1. The number of likely N-dealkylation sites (N-methyl/N-ethyl adjacent to an activating group) is 1. The summed E-state index contributed by atoms with van der Waals surface area (Å²) in [5, 5.41) is 0. The van der Waals surface area contributed by atoms with Crippen LogP contribution in [0, 0.1) is 5.82 Å². The van der Waals surface area contributed by atoms with E-state index in [2.05, 4.69) is 30.7 Å². The van der Waals surface area contributed by atoms with E-state index in [9.17, 15) is 4.39 Å². The van der Waals surface area contributed by atoms with Gasteiger partial charge in [-0.1, -0.05) is 0 Å². The minimum atomic E-state index is -0.180. The Morgan fingerprint density at radius 3 is 2.68 bits per heavy atom. The molecule has 4 heteroatoms. The van der Waals surface area contributed by atoms with Crippen molar-refractivity contribution >= 4 is 5.69 Å². The van der Waals surface area contributed by atoms with Gasteiger partial charge in [-0.05, 0) is 57.6 Å². The van der Waals surface area contributed by atoms with Gasteiger partial charge < -0.3 is 10.6 Å². The summed E-state index contributed by atoms with van der Waals surface area (Å²) in [6.07, 6.45) is 0.722. The van der Waals surface area contributed by atoms with Crippen LogP contribution in [0.25, 0.3) is 0 Å². The van der Waals surface area contributed by atoms with E-state index in [1.807, 2.05) is 6.07 Å². The van der Waals surface area contributed by atoms with Crippen LogP contribution in [0.15, 0.2) is 18.2 Å². The van der Waals surface area contributed by atoms with Gasteiger partial charge in [-0.3, -0.25) is 4.90 Å². The van der Waals surface area contributed by atoms with Crippen molar-refractivity contribution in [3.8, 4) is 0 Å². The molecule has 1 aliphatic rings. The molecular formula is C15H24FN3. The number of hydrogen-bond donors (Lipinski definition) is 1. The van der Waals surface area contributed by atoms with Gasteiger partial charge in [-0.15, -0.1) is 0 Å². The van der Waals surface area contributed by atoms with Gasteiger partial charge in [0.2, 0.25) is 0 Å². The molecule has 0 bridgehead atoms. The summed E-state index contributed by atoms with van der Waals surface area (Å²) in [4.78, 5) is 4.72. The van der Waals surface area contributed by atoms with E-state index in [4.69, 9.17) is 5.73 Å². The van der Waals surface area contributed by atoms with Crippen LogP contribution >= 0.6 is 0 Å². The van der Waals surface area contributed by atoms with Crippen molar-refractivity contribution < 1.29 is 4.39 Å². The highest BCUT2D eigenvalue weighted by Gasteiger charge is 2.31. The van der Waals surface area contributed by atoms with E-state index < -0.39 is 0 Å². The number of nitrogens with two attached hydrogens (primary N) is 1. The zero-order valence-electron chi connectivity index (χ0n) is 12.1. The third-order valence-electron chi connectivity index (χ3n) is 4.11. The largest absolute Gasteiger partial charge is 0.368 e. The first-order valence-electron chi connectivity index (χ1n) is 6.89. The summed E-state index contributed by atoms with van der Waals surface area (Å²) >= 11 is 0. The third-order valence-corrected chi connectivity index (χ3v) is 4.11. The van der Waals surface area contributed by atoms with Gasteiger partial charge in [0.15, 0.2) is 0 Å². The number of rotatable bonds is 3. The van der Waals surface area contributed by atoms with Crippen LogP contribution in [0.2, 0.25) is 0 Å². The molecule has 2 N–H and O–H groups in total. The number of hydrogen-bond acceptors (Lipinski definition) is 3. The van der Waals surface area contributed by atoms with Crippen LogP contribution in [0.4, 0.5) is 10.1 Å². The summed E-state index contributed by atoms with van der Waals surface area (Å²) in [6, 6.07) is 5.05. The van der Waals surface area contributed by atoms with Crippen molar-refractivity contribution in [3.05, 3.63) is 29.6 Å². The van der Waals surface area contributed by atoms with E-state index >= 15 is 0 Å². The van der Waals surface area contributed by atoms with Crippen molar-refractivity contribution in [1.82, 2.24) is 4.90 Å². The predicted octanol–water partition coefficient (Wildman–Crippen LogP) is 1.86. The topological polar surface area (TPSA) is 32.5 Å². The highest BCUT2D eigenvalue weighted by molar-refractivity contribution is 5.55. The maximum Gasteiger partial charge on any atom is 0.123 e. The Bertz CT molecular complexity index is 445. The van der Waals surface area contributed by atoms with E-state index in [0.29, 0.717) is 6.54 Å². The molecule has 1 aliphatic heterocycles. The summed E-state index contributed by atoms with van der Waals surface area (Å²) in [5.41, 5.74) is 7.92. The molecule has 0 aliphatic carbocycles. The zero-order valence-corrected chi connectivity index (χ0v) is 12.1. The molecule has 0 atom stereocenters. The SMILES string of the molecule is CN1CCN(c2ccc(F)cc2CCN)CC1(C)C. The maximum atomic E-state index is 13.4. The van der Waals surface area contributed by atoms with Gasteiger partial charge in [-0.2, -0.15) is 0 Å². The molecule has 0 aromatic heterocycles. The van der Waals surface area contributed by atoms with E-state index in [0.717, 1.165) is 37.3 Å². The molecular weight excluding hydrogens is 241 g/mol. The first kappa shape index (κ1) is 14.3. The first-order chi connectivity index (χ1) is 8.94. The minimum Gasteiger partial charge on any atom is -0.368 e. The van der Waals surface area contributed by atoms with Crippen LogP contribution in [0.1, 0.15) is 19.4 Å². The summed E-state index contributed by atoms with van der Waals surface area (Å²) in [7, 11) is 2.16. The molecule has 1 aromatic carbocycles. The lowest BCUT2D eigenvalue weighted by atomic mass is 9.98. The lowest BCUT2D eigenvalue weighted by Gasteiger charge is -2.46. The zero-order chi connectivity index (χ0) is 14.0. The van der Waals surface area contributed by atoms with Crippen molar-refractivity contribution in [1.29, 1.82) is 0 Å². The van der Waals surface area contributed by atoms with Gasteiger partial charge in [0.1, 0.15) is 5.82 Å². The van der Waals surface area contributed by atoms with Crippen molar-refractivity contribution in [2.24, 2.45) is 5.73 Å². The minimum absolute atomic E-state index is 0.132. The fraction of sp³-hybridized carbons (Fsp3) is 0.600. The van der Waals surface area contributed by atoms with Gasteiger partial charge >= 0.3 is 0 Å². The third kappa shape index (κ3) is 3.07. The fourth-order valence-corrected chi connectivity index (χ4v) is 2.66. The first-order valence-corrected chi connectivity index (χ1v) is 6.89. The Morgan fingerprint density at radius 2 is 2.05 bits per heavy atom. The van der Waals surface area contributed by atoms with Gasteiger partial charge in [0, 0.05) is 30.9 Å². The molecule has 1 fully saturated rings. The van der Waals surface area contributed by atoms with Gasteiger partial charge in [0.25, 0.3) is 0 Å². The van der Waals surface area contributed by atoms with Crippen molar-refractivity contribution in [3.63, 3.8) is 0 Å². The lowest BCUT2D eigenvalue weighted by Crippen LogP contribution is -2.57. The number of halogens is 1. The molecule has 0 spiro atoms. The van der Waals surface area contributed by atoms with Crippen LogP contribution in [0.5, 0.6) is 0 Å². The van der Waals surface area contributed by atoms with Crippen LogP contribution in [-0.2, 0) is 6.42 Å². The van der Waals surface area contributed by atoms with Crippen molar-refractivity contribution in [2.45, 2.75) is 25.8 Å². The van der Waals surface area contributed by atoms with E-state index in [1.54, 1.807) is 12.1 Å². The second-order valence-corrected chi connectivity index (χ2v) is 5.97. The second-order valence-electron chi connectivity index (χ2n) is 5.97. The molecule has 1 heterocycles. The highest BCUT2D eigenvalue weighted by Crippen LogP contribution is 2.28. The smallest absolute Gasteiger partial charge is 0.123 e. The molecule has 0 radical (unpaired) electrons. The molecule has 0 saturated carbocycles. The van der Waals surface area contributed by atoms with E-state index in [1.165, 1.54) is 0 Å². The normalized spacial score (nSPS) is 19.7. The van der Waals surface area contributed by atoms with E-state index in [-0.39, 0.29) is 11.4 Å². The number of benzene rings is 1. The highest BCUT2D eigenvalue weighted by atomic mass is 19.1. The monoisotopic (exact) mass is 265 g/mol. The Kier molecular flexibility index (Phi) is 4.11. The second kappa shape index (κ2) is 5.47. The molecule has 1 saturated heterocycles. The average Bonchev–Trinajstić information content (AvgIpc) is 2.33.